The summed E-state index contributed by atoms with van der Waals surface area (Å²) in [5.41, 5.74) is -0.817. The molecular weight excluding hydrogens is 357 g/mol. The summed E-state index contributed by atoms with van der Waals surface area (Å²) in [5, 5.41) is 13.2. The number of phenolic OH excluding ortho intramolecular Hbond substituents is 1. The molecule has 1 aromatic carbocycles. The fourth-order valence-electron chi connectivity index (χ4n) is 2.57. The molecule has 1 amide bonds. The third-order valence-electron chi connectivity index (χ3n) is 3.81. The summed E-state index contributed by atoms with van der Waals surface area (Å²) in [6.45, 7) is 0.322. The standard InChI is InChI=1S/C13H12FN5O5S/c14-10-11-6(2-15-13(17-11)16-7-4-24-5-7)1-8(20)12(10)19-3-9(21)18-25(19,22)23/h1-2,7,20H,3-5H2,(H,18,21)(H,15,16,17). The monoisotopic (exact) mass is 369 g/mol. The van der Waals surface area contributed by atoms with Crippen molar-refractivity contribution in [2.45, 2.75) is 6.04 Å². The Hall–Kier alpha value is -2.73. The topological polar surface area (TPSA) is 134 Å². The molecule has 2 saturated heterocycles. The van der Waals surface area contributed by atoms with E-state index in [1.807, 2.05) is 0 Å². The zero-order valence-electron chi connectivity index (χ0n) is 12.6. The van der Waals surface area contributed by atoms with Crippen LogP contribution in [0.4, 0.5) is 16.0 Å². The van der Waals surface area contributed by atoms with Crippen LogP contribution in [0.5, 0.6) is 5.75 Å². The highest BCUT2D eigenvalue weighted by molar-refractivity contribution is 7.92. The van der Waals surface area contributed by atoms with Gasteiger partial charge in [-0.1, -0.05) is 0 Å². The van der Waals surface area contributed by atoms with Gasteiger partial charge >= 0.3 is 10.2 Å². The van der Waals surface area contributed by atoms with Crippen LogP contribution in [0.3, 0.4) is 0 Å². The number of hydrogen-bond donors (Lipinski definition) is 3. The lowest BCUT2D eigenvalue weighted by Crippen LogP contribution is -2.40. The average molecular weight is 369 g/mol. The Morgan fingerprint density at radius 2 is 2.20 bits per heavy atom. The van der Waals surface area contributed by atoms with E-state index in [2.05, 4.69) is 15.3 Å². The highest BCUT2D eigenvalue weighted by atomic mass is 32.2. The van der Waals surface area contributed by atoms with E-state index in [0.717, 1.165) is 6.07 Å². The molecule has 2 aliphatic rings. The number of halogens is 1. The number of benzene rings is 1. The minimum atomic E-state index is -4.27. The Morgan fingerprint density at radius 3 is 2.80 bits per heavy atom. The number of ether oxygens (including phenoxy) is 1. The predicted octanol–water partition coefficient (Wildman–Crippen LogP) is -0.534. The lowest BCUT2D eigenvalue weighted by molar-refractivity contribution is -0.117. The van der Waals surface area contributed by atoms with Crippen molar-refractivity contribution in [2.24, 2.45) is 0 Å². The molecule has 12 heteroatoms. The van der Waals surface area contributed by atoms with Crippen molar-refractivity contribution in [1.82, 2.24) is 14.7 Å². The van der Waals surface area contributed by atoms with Crippen LogP contribution in [-0.2, 0) is 19.7 Å². The first kappa shape index (κ1) is 15.8. The Balaban J connectivity index is 1.82. The van der Waals surface area contributed by atoms with Gasteiger partial charge in [0.1, 0.15) is 23.5 Å². The van der Waals surface area contributed by atoms with Crippen molar-refractivity contribution in [2.75, 3.05) is 29.4 Å². The lowest BCUT2D eigenvalue weighted by Gasteiger charge is -2.26. The molecule has 132 valence electrons. The SMILES string of the molecule is O=C1CN(c2c(O)cc3cnc(NC4COC4)nc3c2F)S(=O)(=O)N1. The van der Waals surface area contributed by atoms with Crippen LogP contribution >= 0.6 is 0 Å². The second-order valence-electron chi connectivity index (χ2n) is 5.61. The summed E-state index contributed by atoms with van der Waals surface area (Å²) < 4.78 is 46.0. The van der Waals surface area contributed by atoms with Crippen LogP contribution in [0.1, 0.15) is 0 Å². The summed E-state index contributed by atoms with van der Waals surface area (Å²) >= 11 is 0. The number of carbonyl (C=O) groups is 1. The third-order valence-corrected chi connectivity index (χ3v) is 5.19. The van der Waals surface area contributed by atoms with Gasteiger partial charge in [0.05, 0.1) is 19.3 Å². The molecule has 1 aromatic heterocycles. The number of rotatable bonds is 3. The number of carbonyl (C=O) groups excluding carboxylic acids is 1. The molecule has 0 saturated carbocycles. The van der Waals surface area contributed by atoms with Crippen molar-refractivity contribution >= 4 is 38.7 Å². The van der Waals surface area contributed by atoms with Crippen LogP contribution in [-0.4, -0.2) is 55.2 Å². The molecule has 0 aliphatic carbocycles. The molecule has 3 N–H and O–H groups in total. The number of aromatic hydroxyl groups is 1. The Bertz CT molecular complexity index is 994. The van der Waals surface area contributed by atoms with Crippen LogP contribution < -0.4 is 14.3 Å². The fourth-order valence-corrected chi connectivity index (χ4v) is 3.73. The summed E-state index contributed by atoms with van der Waals surface area (Å²) in [6, 6.07) is 1.15. The number of amides is 1. The highest BCUT2D eigenvalue weighted by Gasteiger charge is 2.38. The largest absolute Gasteiger partial charge is 0.506 e. The molecule has 3 heterocycles. The van der Waals surface area contributed by atoms with Crippen LogP contribution in [0.2, 0.25) is 0 Å². The zero-order valence-corrected chi connectivity index (χ0v) is 13.4. The van der Waals surface area contributed by atoms with Gasteiger partial charge in [0.15, 0.2) is 5.82 Å². The smallest absolute Gasteiger partial charge is 0.326 e. The van der Waals surface area contributed by atoms with E-state index in [9.17, 15) is 22.7 Å². The summed E-state index contributed by atoms with van der Waals surface area (Å²) in [7, 11) is -4.27. The van der Waals surface area contributed by atoms with Gasteiger partial charge in [-0.15, -0.1) is 0 Å². The molecule has 0 unspecified atom stereocenters. The van der Waals surface area contributed by atoms with Gasteiger partial charge in [0, 0.05) is 11.6 Å². The highest BCUT2D eigenvalue weighted by Crippen LogP contribution is 2.37. The second-order valence-corrected chi connectivity index (χ2v) is 7.20. The van der Waals surface area contributed by atoms with Gasteiger partial charge in [-0.25, -0.2) is 23.4 Å². The fraction of sp³-hybridized carbons (Fsp3) is 0.308. The van der Waals surface area contributed by atoms with Crippen LogP contribution in [0, 0.1) is 5.82 Å². The minimum Gasteiger partial charge on any atom is -0.506 e. The van der Waals surface area contributed by atoms with Crippen molar-refractivity contribution in [3.8, 4) is 5.75 Å². The van der Waals surface area contributed by atoms with Crippen molar-refractivity contribution in [1.29, 1.82) is 0 Å². The van der Waals surface area contributed by atoms with E-state index in [1.54, 1.807) is 4.72 Å². The lowest BCUT2D eigenvalue weighted by atomic mass is 10.2. The van der Waals surface area contributed by atoms with E-state index in [1.165, 1.54) is 6.20 Å². The van der Waals surface area contributed by atoms with E-state index >= 15 is 0 Å². The molecule has 2 aromatic rings. The van der Waals surface area contributed by atoms with Crippen LogP contribution in [0.15, 0.2) is 12.3 Å². The molecule has 0 atom stereocenters. The van der Waals surface area contributed by atoms with Gasteiger partial charge in [0.25, 0.3) is 5.91 Å². The maximum Gasteiger partial charge on any atom is 0.326 e. The van der Waals surface area contributed by atoms with E-state index in [4.69, 9.17) is 4.74 Å². The first-order chi connectivity index (χ1) is 11.8. The molecule has 2 fully saturated rings. The maximum atomic E-state index is 14.9. The average Bonchev–Trinajstić information content (AvgIpc) is 2.76. The minimum absolute atomic E-state index is 0.0119. The maximum absolute atomic E-state index is 14.9. The Kier molecular flexibility index (Phi) is 3.40. The van der Waals surface area contributed by atoms with Crippen molar-refractivity contribution in [3.63, 3.8) is 0 Å². The zero-order chi connectivity index (χ0) is 17.8. The summed E-state index contributed by atoms with van der Waals surface area (Å²) in [6.07, 6.45) is 1.30. The van der Waals surface area contributed by atoms with Crippen LogP contribution in [0.25, 0.3) is 10.9 Å². The first-order valence-corrected chi connectivity index (χ1v) is 8.65. The molecular formula is C13H12FN5O5S. The van der Waals surface area contributed by atoms with Gasteiger partial charge in [-0.05, 0) is 6.07 Å². The van der Waals surface area contributed by atoms with Gasteiger partial charge < -0.3 is 15.2 Å². The third kappa shape index (κ3) is 2.59. The molecule has 2 aliphatic heterocycles. The molecule has 4 rings (SSSR count). The van der Waals surface area contributed by atoms with Crippen molar-refractivity contribution < 1.29 is 27.4 Å². The number of aromatic nitrogens is 2. The van der Waals surface area contributed by atoms with E-state index in [-0.39, 0.29) is 22.9 Å². The van der Waals surface area contributed by atoms with Gasteiger partial charge in [-0.2, -0.15) is 8.42 Å². The second kappa shape index (κ2) is 5.39. The number of fused-ring (bicyclic) bond motifs is 1. The molecule has 10 nitrogen and oxygen atoms in total. The number of phenols is 1. The summed E-state index contributed by atoms with van der Waals surface area (Å²) in [4.78, 5) is 19.4. The summed E-state index contributed by atoms with van der Waals surface area (Å²) in [5.74, 6) is -2.38. The first-order valence-electron chi connectivity index (χ1n) is 7.21. The van der Waals surface area contributed by atoms with E-state index < -0.39 is 39.9 Å². The predicted molar refractivity (Wildman–Crippen MR) is 83.8 cm³/mol. The molecule has 0 spiro atoms. The van der Waals surface area contributed by atoms with Gasteiger partial charge in [0.2, 0.25) is 5.95 Å². The normalized spacial score (nSPS) is 19.7. The van der Waals surface area contributed by atoms with E-state index in [0.29, 0.717) is 17.5 Å². The number of nitrogens with one attached hydrogen (secondary N) is 2. The molecule has 0 radical (unpaired) electrons. The Labute approximate surface area is 140 Å². The number of anilines is 2. The number of hydrogen-bond acceptors (Lipinski definition) is 8. The Morgan fingerprint density at radius 1 is 1.44 bits per heavy atom. The quantitative estimate of drug-likeness (QED) is 0.657. The number of nitrogens with zero attached hydrogens (tertiary/aromatic N) is 3. The van der Waals surface area contributed by atoms with Crippen molar-refractivity contribution in [3.05, 3.63) is 18.1 Å². The molecule has 25 heavy (non-hydrogen) atoms. The van der Waals surface area contributed by atoms with Gasteiger partial charge in [-0.3, -0.25) is 4.79 Å². The molecule has 0 bridgehead atoms.